The van der Waals surface area contributed by atoms with Gasteiger partial charge in [0.05, 0.1) is 26.4 Å². The van der Waals surface area contributed by atoms with Gasteiger partial charge in [0, 0.05) is 6.54 Å². The summed E-state index contributed by atoms with van der Waals surface area (Å²) < 4.78 is 21.0. The first-order valence-corrected chi connectivity index (χ1v) is 10.3. The van der Waals surface area contributed by atoms with E-state index >= 15 is 0 Å². The van der Waals surface area contributed by atoms with E-state index in [2.05, 4.69) is 5.32 Å². The number of amides is 2. The largest absolute Gasteiger partial charge is 0.467 e. The average molecular weight is 437 g/mol. The maximum absolute atomic E-state index is 12.4. The molecule has 1 aliphatic heterocycles. The summed E-state index contributed by atoms with van der Waals surface area (Å²) in [7, 11) is 1.23. The van der Waals surface area contributed by atoms with E-state index in [1.165, 1.54) is 7.11 Å². The Labute approximate surface area is 183 Å². The number of esters is 1. The molecule has 2 rings (SSSR count). The number of benzene rings is 1. The highest BCUT2D eigenvalue weighted by Crippen LogP contribution is 2.21. The topological polar surface area (TPSA) is 103 Å². The van der Waals surface area contributed by atoms with Crippen molar-refractivity contribution in [2.75, 3.05) is 26.9 Å². The number of nitrogens with one attached hydrogen (secondary N) is 1. The Morgan fingerprint density at radius 2 is 1.90 bits per heavy atom. The summed E-state index contributed by atoms with van der Waals surface area (Å²) in [5.41, 5.74) is 0.248. The van der Waals surface area contributed by atoms with E-state index in [0.717, 1.165) is 18.4 Å². The van der Waals surface area contributed by atoms with E-state index in [0.29, 0.717) is 6.54 Å². The second-order valence-electron chi connectivity index (χ2n) is 8.29. The molecule has 0 spiro atoms. The lowest BCUT2D eigenvalue weighted by atomic mass is 10.2. The van der Waals surface area contributed by atoms with E-state index < -0.39 is 23.7 Å². The van der Waals surface area contributed by atoms with Crippen molar-refractivity contribution in [1.29, 1.82) is 0 Å². The molecule has 1 saturated heterocycles. The van der Waals surface area contributed by atoms with Crippen LogP contribution >= 0.6 is 0 Å². The van der Waals surface area contributed by atoms with Crippen molar-refractivity contribution in [3.05, 3.63) is 35.9 Å². The minimum atomic E-state index is -1.02. The van der Waals surface area contributed by atoms with Gasteiger partial charge in [0.2, 0.25) is 0 Å². The quantitative estimate of drug-likeness (QED) is 0.494. The van der Waals surface area contributed by atoms with Crippen molar-refractivity contribution in [3.63, 3.8) is 0 Å². The number of methoxy groups -OCH3 is 1. The molecule has 0 bridgehead atoms. The van der Waals surface area contributed by atoms with Crippen LogP contribution in [-0.4, -0.2) is 67.6 Å². The first-order chi connectivity index (χ1) is 14.7. The Kier molecular flexibility index (Phi) is 9.11. The van der Waals surface area contributed by atoms with Crippen LogP contribution in [-0.2, 0) is 30.3 Å². The van der Waals surface area contributed by atoms with Gasteiger partial charge in [-0.15, -0.1) is 0 Å². The van der Waals surface area contributed by atoms with E-state index in [1.54, 1.807) is 4.90 Å². The molecule has 0 unspecified atom stereocenters. The number of ether oxygens (including phenoxy) is 4. The normalized spacial score (nSPS) is 17.0. The van der Waals surface area contributed by atoms with Crippen molar-refractivity contribution in [3.8, 4) is 0 Å². The van der Waals surface area contributed by atoms with Crippen LogP contribution in [0.1, 0.15) is 39.2 Å². The van der Waals surface area contributed by atoms with Gasteiger partial charge >= 0.3 is 18.2 Å². The van der Waals surface area contributed by atoms with Crippen molar-refractivity contribution in [2.24, 2.45) is 0 Å². The second-order valence-corrected chi connectivity index (χ2v) is 8.29. The van der Waals surface area contributed by atoms with Gasteiger partial charge < -0.3 is 29.2 Å². The molecule has 1 aromatic carbocycles. The van der Waals surface area contributed by atoms with Crippen LogP contribution in [0.3, 0.4) is 0 Å². The molecule has 2 amide bonds. The molecule has 1 heterocycles. The van der Waals surface area contributed by atoms with Crippen LogP contribution in [0.4, 0.5) is 9.59 Å². The minimum Gasteiger partial charge on any atom is -0.467 e. The molecule has 1 aliphatic rings. The number of hydrogen-bond donors (Lipinski definition) is 1. The number of alkyl carbamates (subject to hydrolysis) is 1. The number of hydrogen-bond acceptors (Lipinski definition) is 7. The fourth-order valence-corrected chi connectivity index (χ4v) is 3.11. The van der Waals surface area contributed by atoms with Crippen LogP contribution < -0.4 is 5.32 Å². The summed E-state index contributed by atoms with van der Waals surface area (Å²) in [5.74, 6) is -0.646. The Morgan fingerprint density at radius 3 is 2.55 bits per heavy atom. The third-order valence-electron chi connectivity index (χ3n) is 4.59. The van der Waals surface area contributed by atoms with Crippen LogP contribution in [0.25, 0.3) is 0 Å². The van der Waals surface area contributed by atoms with Gasteiger partial charge in [-0.25, -0.2) is 14.4 Å². The maximum Gasteiger partial charge on any atom is 0.410 e. The number of rotatable bonds is 8. The summed E-state index contributed by atoms with van der Waals surface area (Å²) >= 11 is 0. The molecular formula is C22H32N2O7. The number of carbonyl (C=O) groups is 3. The molecule has 31 heavy (non-hydrogen) atoms. The van der Waals surface area contributed by atoms with Gasteiger partial charge in [-0.2, -0.15) is 0 Å². The summed E-state index contributed by atoms with van der Waals surface area (Å²) in [6, 6.07) is 8.01. The van der Waals surface area contributed by atoms with Gasteiger partial charge in [0.15, 0.2) is 6.04 Å². The SMILES string of the molecule is COC(=O)[C@H](COC[C@H]1CCCN1C(=O)OC(C)(C)C)NC(=O)OCc1ccccc1. The number of carbonyl (C=O) groups excluding carboxylic acids is 3. The fourth-order valence-electron chi connectivity index (χ4n) is 3.11. The third-order valence-corrected chi connectivity index (χ3v) is 4.59. The van der Waals surface area contributed by atoms with Gasteiger partial charge in [-0.3, -0.25) is 0 Å². The average Bonchev–Trinajstić information content (AvgIpc) is 3.19. The van der Waals surface area contributed by atoms with Crippen LogP contribution in [0.15, 0.2) is 30.3 Å². The van der Waals surface area contributed by atoms with E-state index in [-0.39, 0.29) is 32.0 Å². The maximum atomic E-state index is 12.4. The van der Waals surface area contributed by atoms with Gasteiger partial charge in [0.1, 0.15) is 12.2 Å². The predicted molar refractivity (Wildman–Crippen MR) is 112 cm³/mol. The summed E-state index contributed by atoms with van der Waals surface area (Å²) in [6.07, 6.45) is 0.483. The number of nitrogens with zero attached hydrogens (tertiary/aromatic N) is 1. The van der Waals surface area contributed by atoms with E-state index in [1.807, 2.05) is 51.1 Å². The van der Waals surface area contributed by atoms with Crippen molar-refractivity contribution in [2.45, 2.75) is 57.9 Å². The lowest BCUT2D eigenvalue weighted by molar-refractivity contribution is -0.144. The highest BCUT2D eigenvalue weighted by atomic mass is 16.6. The van der Waals surface area contributed by atoms with E-state index in [4.69, 9.17) is 18.9 Å². The summed E-state index contributed by atoms with van der Waals surface area (Å²) in [5, 5.41) is 2.46. The Hall–Kier alpha value is -2.81. The number of likely N-dealkylation sites (tertiary alicyclic amines) is 1. The zero-order chi connectivity index (χ0) is 22.9. The van der Waals surface area contributed by atoms with Gasteiger partial charge in [-0.05, 0) is 39.2 Å². The van der Waals surface area contributed by atoms with Gasteiger partial charge in [-0.1, -0.05) is 30.3 Å². The highest BCUT2D eigenvalue weighted by molar-refractivity contribution is 5.81. The molecular weight excluding hydrogens is 404 g/mol. The van der Waals surface area contributed by atoms with Gasteiger partial charge in [0.25, 0.3) is 0 Å². The smallest absolute Gasteiger partial charge is 0.410 e. The Morgan fingerprint density at radius 1 is 1.19 bits per heavy atom. The monoisotopic (exact) mass is 436 g/mol. The fraction of sp³-hybridized carbons (Fsp3) is 0.591. The Balaban J connectivity index is 1.82. The van der Waals surface area contributed by atoms with E-state index in [9.17, 15) is 14.4 Å². The molecule has 1 fully saturated rings. The molecule has 1 N–H and O–H groups in total. The lowest BCUT2D eigenvalue weighted by Crippen LogP contribution is -2.46. The van der Waals surface area contributed by atoms with Crippen molar-refractivity contribution in [1.82, 2.24) is 10.2 Å². The molecule has 1 aromatic rings. The third kappa shape index (κ3) is 8.45. The first-order valence-electron chi connectivity index (χ1n) is 10.3. The molecule has 0 saturated carbocycles. The zero-order valence-corrected chi connectivity index (χ0v) is 18.6. The molecule has 9 nitrogen and oxygen atoms in total. The highest BCUT2D eigenvalue weighted by Gasteiger charge is 2.33. The van der Waals surface area contributed by atoms with Crippen molar-refractivity contribution >= 4 is 18.2 Å². The summed E-state index contributed by atoms with van der Waals surface area (Å²) in [4.78, 5) is 38.1. The summed E-state index contributed by atoms with van der Waals surface area (Å²) in [6.45, 7) is 6.23. The lowest BCUT2D eigenvalue weighted by Gasteiger charge is -2.28. The molecule has 0 aliphatic carbocycles. The van der Waals surface area contributed by atoms with Crippen molar-refractivity contribution < 1.29 is 33.3 Å². The van der Waals surface area contributed by atoms with Crippen LogP contribution in [0, 0.1) is 0 Å². The van der Waals surface area contributed by atoms with Crippen LogP contribution in [0.5, 0.6) is 0 Å². The molecule has 2 atom stereocenters. The molecule has 172 valence electrons. The molecule has 0 aromatic heterocycles. The minimum absolute atomic E-state index is 0.0777. The first kappa shape index (κ1) is 24.5. The molecule has 0 radical (unpaired) electrons. The second kappa shape index (κ2) is 11.5. The standard InChI is InChI=1S/C22H32N2O7/c1-22(2,3)31-21(27)24-12-8-11-17(24)14-29-15-18(19(25)28-4)23-20(26)30-13-16-9-6-5-7-10-16/h5-7,9-10,17-18H,8,11-15H2,1-4H3,(H,23,26)/t17-,18+/m1/s1. The predicted octanol–water partition coefficient (Wildman–Crippen LogP) is 2.87. The van der Waals surface area contributed by atoms with Crippen LogP contribution in [0.2, 0.25) is 0 Å². The zero-order valence-electron chi connectivity index (χ0n) is 18.6. The Bertz CT molecular complexity index is 733. The molecule has 9 heteroatoms.